The molecule has 4 saturated heterocycles. The molecule has 4 fully saturated rings. The van der Waals surface area contributed by atoms with E-state index in [1.54, 1.807) is 64.6 Å². The van der Waals surface area contributed by atoms with Gasteiger partial charge < -0.3 is 81.6 Å². The molecular formula is C91H94F14N8O22S2. The van der Waals surface area contributed by atoms with Gasteiger partial charge in [-0.1, -0.05) is 27.0 Å². The summed E-state index contributed by atoms with van der Waals surface area (Å²) in [6, 6.07) is 4.15. The summed E-state index contributed by atoms with van der Waals surface area (Å²) >= 11 is 1.94. The Labute approximate surface area is 782 Å². The van der Waals surface area contributed by atoms with Crippen LogP contribution in [0, 0.1) is 50.4 Å². The standard InChI is InChI=1S/C47H47F7N4O12S.C42H39F7N4O10S.2CH4/c1-19-11-22-12-24-25(15-55)58-26-16-65-40(60)44(23-14-27(63-7)28(13-21(23)9-10-56-44)68-42(62)70-43(3,4)5)17-71-39(33(58)32(57(24)6)29(22)34(59)35(19)64-8)31-30(26)38-37(66-18-67-38)20(2)36(31)69-41(61)45(48,49)46(50,51)47(52,53)54;1-16-8-19-9-21-22(12-50)53-23-13-60-37(56)39(20-11-25(58-4)24(54)10-18(20)6-7-51-39)14-64-36(30(53)29(52(21)3)26(19)31(55)32(16)59-5)28-27(23)35-34(61-15-62-35)17(2)33(28)63-38(57)40(43,44)41(45,46)42(47,48)49;;/h11,13-14,24-26,32-33,39,56,59H,9-10,12,16-18H2,1-8H3;8,10-11,21-23,29-30,36,51,54-55H,6-7,9,13-15H2,1-5H3;2*1H4/t24-,25-,26-,32+,33?,39+,44+;21-,22-,23-,29+,30?,36+,39+;;/m00../s1. The number of aryl methyl sites for hydroxylation is 2. The number of rotatable bonds is 11. The number of nitrogens with one attached hydrogen (secondary N) is 2. The highest BCUT2D eigenvalue weighted by Gasteiger charge is 2.79. The molecule has 2 unspecified atom stereocenters. The van der Waals surface area contributed by atoms with Gasteiger partial charge in [0.1, 0.15) is 42.4 Å². The smallest absolute Gasteiger partial charge is 0.504 e. The molecule has 0 saturated carbocycles. The number of likely N-dealkylation sites (N-methyl/N-ethyl adjacent to an activating group) is 2. The molecule has 0 amide bonds. The van der Waals surface area contributed by atoms with Gasteiger partial charge in [-0.15, -0.1) is 23.5 Å². The van der Waals surface area contributed by atoms with Gasteiger partial charge in [0.05, 0.1) is 75.2 Å². The number of methoxy groups -OCH3 is 4. The SMILES string of the molecule is C.C.COc1cc2c(cc1O)CCN[C@]21CS[C@@H]2c3c(OC(=O)C(F)(F)C(F)(F)C(F)(F)F)c(C)c4c(c3[C@H](COC1=O)N1C2[C@H]2c3c(cc(C)c(OC)c3O)C[C@@H]([C@@H]1C#N)N2C)OCO4.COc1cc2c(cc1OC(=O)OC(C)(C)C)CCN[C@]21CS[C@@H]2c3c(OC(=O)C(F)(F)C(F)(F)C(F)(F)F)c(C)c4c(c3[C@H](COC1=O)N1C2[C@H]2c3c(cc(C)c(OC)c3O)C[C@@H]([C@@H]1C#N)N2C)OCO4. The quantitative estimate of drug-likeness (QED) is 0.0264. The first kappa shape index (κ1) is 100. The second-order valence-corrected chi connectivity index (χ2v) is 37.9. The van der Waals surface area contributed by atoms with E-state index in [1.807, 2.05) is 15.9 Å². The fraction of sp³-hybridized carbons (Fsp3) is 0.527. The van der Waals surface area contributed by atoms with Gasteiger partial charge in [0.25, 0.3) is 0 Å². The molecular weight excluding hydrogens is 1890 g/mol. The van der Waals surface area contributed by atoms with Crippen LogP contribution in [0.25, 0.3) is 0 Å². The van der Waals surface area contributed by atoms with Crippen molar-refractivity contribution in [3.8, 4) is 92.6 Å². The van der Waals surface area contributed by atoms with Crippen LogP contribution in [0.5, 0.6) is 80.5 Å². The number of alkyl halides is 14. The van der Waals surface area contributed by atoms with Gasteiger partial charge in [-0.25, -0.2) is 24.0 Å². The molecule has 14 aliphatic heterocycles. The molecule has 2 spiro atoms. The second kappa shape index (κ2) is 35.0. The van der Waals surface area contributed by atoms with Crippen LogP contribution in [0.3, 0.4) is 0 Å². The van der Waals surface area contributed by atoms with Crippen molar-refractivity contribution < 1.29 is 167 Å². The number of nitrogens with zero attached hydrogens (tertiary/aromatic N) is 6. The number of phenols is 3. The Bertz CT molecular complexity index is 6080. The third kappa shape index (κ3) is 15.0. The highest BCUT2D eigenvalue weighted by Crippen LogP contribution is 2.69. The number of esters is 4. The van der Waals surface area contributed by atoms with Gasteiger partial charge in [-0.2, -0.15) is 72.0 Å². The third-order valence-electron chi connectivity index (χ3n) is 27.3. The van der Waals surface area contributed by atoms with Gasteiger partial charge in [0.15, 0.2) is 80.1 Å². The number of carbonyl (C=O) groups is 5. The minimum Gasteiger partial charge on any atom is -0.504 e. The molecule has 0 aliphatic carbocycles. The van der Waals surface area contributed by atoms with Gasteiger partial charge in [-0.05, 0) is 157 Å². The average Bonchev–Trinajstić information content (AvgIpc) is 1.54. The molecule has 740 valence electrons. The molecule has 8 bridgehead atoms. The van der Waals surface area contributed by atoms with E-state index in [0.717, 1.165) is 23.5 Å². The van der Waals surface area contributed by atoms with E-state index in [2.05, 4.69) is 22.8 Å². The summed E-state index contributed by atoms with van der Waals surface area (Å²) in [4.78, 5) is 76.7. The second-order valence-electron chi connectivity index (χ2n) is 35.6. The normalized spacial score (nSPS) is 26.3. The molecule has 30 nitrogen and oxygen atoms in total. The average molecular weight is 1980 g/mol. The lowest BCUT2D eigenvalue weighted by Crippen LogP contribution is -2.69. The van der Waals surface area contributed by atoms with Crippen LogP contribution >= 0.6 is 23.5 Å². The summed E-state index contributed by atoms with van der Waals surface area (Å²) in [7, 11) is 8.75. The zero-order chi connectivity index (χ0) is 97.8. The maximum atomic E-state index is 15.4. The van der Waals surface area contributed by atoms with Crippen LogP contribution in [-0.4, -0.2) is 237 Å². The summed E-state index contributed by atoms with van der Waals surface area (Å²) in [5.41, 5.74) is -0.691. The first-order valence-corrected chi connectivity index (χ1v) is 44.2. The number of fused-ring (bicyclic) bond motifs is 18. The van der Waals surface area contributed by atoms with Gasteiger partial charge in [0.2, 0.25) is 13.6 Å². The molecule has 137 heavy (non-hydrogen) atoms. The Morgan fingerprint density at radius 2 is 0.883 bits per heavy atom. The van der Waals surface area contributed by atoms with E-state index >= 15 is 22.4 Å². The monoisotopic (exact) mass is 1980 g/mol. The third-order valence-corrected chi connectivity index (χ3v) is 30.3. The first-order valence-electron chi connectivity index (χ1n) is 42.1. The number of ether oxygens (including phenoxy) is 14. The zero-order valence-electron chi connectivity index (χ0n) is 73.8. The van der Waals surface area contributed by atoms with Crippen molar-refractivity contribution in [1.29, 1.82) is 10.5 Å². The van der Waals surface area contributed by atoms with Crippen molar-refractivity contribution in [3.05, 3.63) is 125 Å². The molecule has 14 heterocycles. The minimum atomic E-state index is -6.89. The highest BCUT2D eigenvalue weighted by molar-refractivity contribution is 7.99. The molecule has 6 aromatic carbocycles. The number of nitriles is 2. The Balaban J connectivity index is 0.000000206. The number of piperazine rings is 2. The van der Waals surface area contributed by atoms with Crippen LogP contribution in [0.15, 0.2) is 36.4 Å². The van der Waals surface area contributed by atoms with E-state index in [0.29, 0.717) is 62.1 Å². The van der Waals surface area contributed by atoms with E-state index in [4.69, 9.17) is 66.3 Å². The Morgan fingerprint density at radius 3 is 1.26 bits per heavy atom. The Kier molecular flexibility index (Phi) is 25.6. The van der Waals surface area contributed by atoms with Gasteiger partial charge in [0, 0.05) is 93.3 Å². The molecule has 5 N–H and O–H groups in total. The summed E-state index contributed by atoms with van der Waals surface area (Å²) < 4.78 is 280. The zero-order valence-corrected chi connectivity index (χ0v) is 75.4. The molecule has 14 aliphatic rings. The van der Waals surface area contributed by atoms with Crippen LogP contribution in [0.2, 0.25) is 0 Å². The fourth-order valence-electron chi connectivity index (χ4n) is 21.4. The van der Waals surface area contributed by atoms with Gasteiger partial charge in [-0.3, -0.25) is 30.2 Å². The van der Waals surface area contributed by atoms with Crippen LogP contribution < -0.4 is 62.7 Å². The highest BCUT2D eigenvalue weighted by atomic mass is 32.2. The number of thioether (sulfide) groups is 2. The number of carbonyl (C=O) groups excluding carboxylic acids is 5. The summed E-state index contributed by atoms with van der Waals surface area (Å²) in [5, 5.41) is 61.2. The van der Waals surface area contributed by atoms with Crippen molar-refractivity contribution in [2.24, 2.45) is 0 Å². The number of phenolic OH excluding ortho intramolecular Hbond substituents is 3. The lowest BCUT2D eigenvalue weighted by molar-refractivity contribution is -0.346. The molecule has 0 radical (unpaired) electrons. The van der Waals surface area contributed by atoms with Crippen molar-refractivity contribution in [1.82, 2.24) is 30.2 Å². The molecule has 14 atom stereocenters. The molecule has 6 aromatic rings. The largest absolute Gasteiger partial charge is 0.514 e. The van der Waals surface area contributed by atoms with Crippen molar-refractivity contribution in [3.63, 3.8) is 0 Å². The number of benzene rings is 6. The van der Waals surface area contributed by atoms with Crippen molar-refractivity contribution >= 4 is 53.6 Å². The number of hydrogen-bond donors (Lipinski definition) is 5. The van der Waals surface area contributed by atoms with Crippen molar-refractivity contribution in [2.45, 2.75) is 213 Å². The van der Waals surface area contributed by atoms with Gasteiger partial charge >= 0.3 is 66.1 Å². The summed E-state index contributed by atoms with van der Waals surface area (Å²) in [6.45, 7) is 8.83. The van der Waals surface area contributed by atoms with Crippen LogP contribution in [0.4, 0.5) is 66.3 Å². The Morgan fingerprint density at radius 1 is 0.496 bits per heavy atom. The number of hydrogen-bond acceptors (Lipinski definition) is 32. The molecule has 46 heteroatoms. The predicted octanol–water partition coefficient (Wildman–Crippen LogP) is 14.5. The lowest BCUT2D eigenvalue weighted by atomic mass is 9.71. The molecule has 20 rings (SSSR count). The van der Waals surface area contributed by atoms with Crippen LogP contribution in [0.1, 0.15) is 159 Å². The topological polar surface area (TPSA) is 360 Å². The molecule has 0 aromatic heterocycles. The van der Waals surface area contributed by atoms with E-state index in [9.17, 15) is 88.9 Å². The van der Waals surface area contributed by atoms with E-state index < -0.39 is 192 Å². The Hall–Kier alpha value is -11.3. The van der Waals surface area contributed by atoms with Crippen molar-refractivity contribution in [2.75, 3.05) is 93.9 Å². The lowest BCUT2D eigenvalue weighted by Gasteiger charge is -2.62. The summed E-state index contributed by atoms with van der Waals surface area (Å²) in [6.07, 6.45) is -13.8. The van der Waals surface area contributed by atoms with E-state index in [-0.39, 0.29) is 161 Å². The minimum absolute atomic E-state index is 0. The fourth-order valence-corrected chi connectivity index (χ4v) is 24.8. The van der Waals surface area contributed by atoms with E-state index in [1.165, 1.54) is 66.6 Å². The first-order chi connectivity index (χ1) is 63.4. The maximum absolute atomic E-state index is 15.4. The van der Waals surface area contributed by atoms with Crippen LogP contribution in [-0.2, 0) is 70.1 Å². The summed E-state index contributed by atoms with van der Waals surface area (Å²) in [5.74, 6) is -38.2. The predicted molar refractivity (Wildman–Crippen MR) is 455 cm³/mol. The maximum Gasteiger partial charge on any atom is 0.514 e. The number of aromatic hydroxyl groups is 3. The number of halogens is 14.